The van der Waals surface area contributed by atoms with Crippen LogP contribution in [0.3, 0.4) is 0 Å². The second-order valence-corrected chi connectivity index (χ2v) is 25.2. The predicted octanol–water partition coefficient (Wildman–Crippen LogP) is 23.7. The Balaban J connectivity index is 1.02. The summed E-state index contributed by atoms with van der Waals surface area (Å²) in [6.45, 7) is 9.94. The van der Waals surface area contributed by atoms with Crippen LogP contribution < -0.4 is 0 Å². The van der Waals surface area contributed by atoms with E-state index in [1.165, 1.54) is 0 Å². The van der Waals surface area contributed by atoms with Gasteiger partial charge in [0.2, 0.25) is 5.69 Å². The second kappa shape index (κ2) is 20.7. The second-order valence-electron chi connectivity index (χ2n) is 25.2. The van der Waals surface area contributed by atoms with Gasteiger partial charge in [-0.25, -0.2) is 19.8 Å². The van der Waals surface area contributed by atoms with Gasteiger partial charge in [-0.15, -0.1) is 0 Å². The largest absolute Gasteiger partial charge is 0.455 e. The van der Waals surface area contributed by atoms with Crippen LogP contribution in [0.2, 0.25) is 0 Å². The van der Waals surface area contributed by atoms with Crippen LogP contribution in [0.1, 0.15) is 0 Å². The zero-order valence-electron chi connectivity index (χ0n) is 52.1. The highest BCUT2D eigenvalue weighted by molar-refractivity contribution is 6.28. The van der Waals surface area contributed by atoms with Crippen LogP contribution >= 0.6 is 0 Å². The van der Waals surface area contributed by atoms with Crippen molar-refractivity contribution >= 4 is 137 Å². The van der Waals surface area contributed by atoms with Gasteiger partial charge in [0.05, 0.1) is 72.9 Å². The fourth-order valence-corrected chi connectivity index (χ4v) is 15.6. The van der Waals surface area contributed by atoms with Gasteiger partial charge >= 0.3 is 0 Å². The molecule has 0 aliphatic rings. The third-order valence-corrected chi connectivity index (χ3v) is 19.9. The number of hydrogen-bond donors (Lipinski definition) is 0. The summed E-state index contributed by atoms with van der Waals surface area (Å²) in [6.07, 6.45) is 0. The van der Waals surface area contributed by atoms with Crippen molar-refractivity contribution in [2.24, 2.45) is 0 Å². The highest BCUT2D eigenvalue weighted by Gasteiger charge is 2.34. The molecule has 0 bridgehead atoms. The summed E-state index contributed by atoms with van der Waals surface area (Å²) in [7, 11) is 0. The molecular weight excluding hydrogens is 1200 g/mol. The summed E-state index contributed by atoms with van der Waals surface area (Å²) < 4.78 is 28.5. The number of fused-ring (bicyclic) bond motifs is 21. The van der Waals surface area contributed by atoms with E-state index in [2.05, 4.69) is 208 Å². The van der Waals surface area contributed by atoms with Crippen molar-refractivity contribution in [3.05, 3.63) is 309 Å². The standard InChI is InChI=1S/C88H49N7O3/c1-89-67-50-66(88-91-86(53-26-10-4-11-27-53)90-87(92-88)54-28-12-5-13-29-54)80(93-69-43-38-55(51-22-6-2-7-23-51)48-64(69)78-72(93)46-41-61-58-31-16-20-36-75(58)97-84(61)78)82(95-68-34-18-14-33-63(68)77-71(95)45-40-60-57-30-15-19-35-74(57)96-83(60)77)81(67)94-70-44-39-56(52-24-8-3-9-25-52)49-65(70)79-73(94)47-42-62-59-32-17-21-37-76(59)98-85(62)79/h2-50H. The molecule has 454 valence electrons. The number of rotatable bonds is 8. The summed E-state index contributed by atoms with van der Waals surface area (Å²) in [5, 5.41) is 11.7. The normalized spacial score (nSPS) is 12.1. The van der Waals surface area contributed by atoms with E-state index in [1.807, 2.05) is 103 Å². The van der Waals surface area contributed by atoms with Crippen LogP contribution in [0.5, 0.6) is 0 Å². The fraction of sp³-hybridized carbons (Fsp3) is 0. The van der Waals surface area contributed by atoms with Gasteiger partial charge in [-0.1, -0.05) is 206 Å². The summed E-state index contributed by atoms with van der Waals surface area (Å²) in [6, 6.07) is 103. The Morgan fingerprint density at radius 3 is 1.05 bits per heavy atom. The van der Waals surface area contributed by atoms with Crippen LogP contribution in [-0.4, -0.2) is 28.7 Å². The highest BCUT2D eigenvalue weighted by Crippen LogP contribution is 2.53. The van der Waals surface area contributed by atoms with E-state index in [9.17, 15) is 6.57 Å². The first kappa shape index (κ1) is 53.8. The molecule has 0 aliphatic carbocycles. The maximum atomic E-state index is 9.94. The van der Waals surface area contributed by atoms with E-state index in [0.29, 0.717) is 45.8 Å². The van der Waals surface area contributed by atoms with Gasteiger partial charge in [0.25, 0.3) is 0 Å². The van der Waals surface area contributed by atoms with E-state index in [1.54, 1.807) is 0 Å². The monoisotopic (exact) mass is 1250 g/mol. The van der Waals surface area contributed by atoms with Gasteiger partial charge in [-0.2, -0.15) is 0 Å². The smallest absolute Gasteiger partial charge is 0.213 e. The van der Waals surface area contributed by atoms with Crippen LogP contribution in [0.25, 0.3) is 210 Å². The van der Waals surface area contributed by atoms with Crippen molar-refractivity contribution in [2.45, 2.75) is 0 Å². The molecule has 0 atom stereocenters. The minimum absolute atomic E-state index is 0.347. The molecule has 0 saturated carbocycles. The van der Waals surface area contributed by atoms with Crippen molar-refractivity contribution in [1.29, 1.82) is 0 Å². The van der Waals surface area contributed by atoms with Gasteiger partial charge in [0.15, 0.2) is 17.5 Å². The van der Waals surface area contributed by atoms with Gasteiger partial charge in [0.1, 0.15) is 33.5 Å². The molecular formula is C88H49N7O3. The zero-order valence-corrected chi connectivity index (χ0v) is 52.1. The third kappa shape index (κ3) is 7.75. The maximum absolute atomic E-state index is 9.94. The zero-order chi connectivity index (χ0) is 64.3. The maximum Gasteiger partial charge on any atom is 0.213 e. The Hall–Kier alpha value is -13.6. The molecule has 0 radical (unpaired) electrons. The molecule has 10 nitrogen and oxygen atoms in total. The molecule has 0 fully saturated rings. The topological polar surface area (TPSA) is 97.2 Å². The Kier molecular flexibility index (Phi) is 11.4. The lowest BCUT2D eigenvalue weighted by Crippen LogP contribution is -2.12. The minimum Gasteiger partial charge on any atom is -0.455 e. The van der Waals surface area contributed by atoms with Crippen molar-refractivity contribution in [3.8, 4) is 73.5 Å². The van der Waals surface area contributed by atoms with Crippen LogP contribution in [0.4, 0.5) is 5.69 Å². The molecule has 0 aliphatic heterocycles. The van der Waals surface area contributed by atoms with Crippen LogP contribution in [-0.2, 0) is 0 Å². The Bertz CT molecular complexity index is 6930. The Morgan fingerprint density at radius 1 is 0.255 bits per heavy atom. The highest BCUT2D eigenvalue weighted by atomic mass is 16.3. The van der Waals surface area contributed by atoms with Crippen LogP contribution in [0, 0.1) is 6.57 Å². The molecule has 0 unspecified atom stereocenters. The van der Waals surface area contributed by atoms with Crippen molar-refractivity contribution in [1.82, 2.24) is 28.7 Å². The van der Waals surface area contributed by atoms with Gasteiger partial charge < -0.3 is 27.0 Å². The van der Waals surface area contributed by atoms with Crippen LogP contribution in [0.15, 0.2) is 311 Å². The van der Waals surface area contributed by atoms with Gasteiger partial charge in [-0.3, -0.25) is 0 Å². The first-order chi connectivity index (χ1) is 48.6. The number of hydrogen-bond acceptors (Lipinski definition) is 6. The predicted molar refractivity (Wildman–Crippen MR) is 398 cm³/mol. The summed E-state index contributed by atoms with van der Waals surface area (Å²) >= 11 is 0. The molecule has 7 heterocycles. The number of para-hydroxylation sites is 4. The minimum atomic E-state index is 0.347. The molecule has 0 spiro atoms. The Labute approximate surface area is 557 Å². The van der Waals surface area contributed by atoms with E-state index in [-0.39, 0.29) is 0 Å². The average Bonchev–Trinajstić information content (AvgIpc) is 1.51. The number of nitrogens with zero attached hydrogens (tertiary/aromatic N) is 7. The first-order valence-electron chi connectivity index (χ1n) is 32.8. The fourth-order valence-electron chi connectivity index (χ4n) is 15.6. The van der Waals surface area contributed by atoms with Crippen molar-refractivity contribution < 1.29 is 13.3 Å². The summed E-state index contributed by atoms with van der Waals surface area (Å²) in [5.74, 6) is 1.32. The van der Waals surface area contributed by atoms with Gasteiger partial charge in [-0.05, 0) is 113 Å². The molecule has 21 rings (SSSR count). The van der Waals surface area contributed by atoms with E-state index in [4.69, 9.17) is 33.0 Å². The lowest BCUT2D eigenvalue weighted by molar-refractivity contribution is 0.672. The summed E-state index contributed by atoms with van der Waals surface area (Å²) in [5.41, 5.74) is 18.6. The van der Waals surface area contributed by atoms with E-state index >= 15 is 0 Å². The lowest BCUT2D eigenvalue weighted by atomic mass is 10.0. The number of aromatic nitrogens is 6. The first-order valence-corrected chi connectivity index (χ1v) is 32.8. The molecule has 10 heteroatoms. The summed E-state index contributed by atoms with van der Waals surface area (Å²) in [4.78, 5) is 21.4. The molecule has 98 heavy (non-hydrogen) atoms. The molecule has 21 aromatic rings. The molecule has 0 amide bonds. The quantitative estimate of drug-likeness (QED) is 0.141. The van der Waals surface area contributed by atoms with E-state index in [0.717, 1.165) is 165 Å². The lowest BCUT2D eigenvalue weighted by Gasteiger charge is -2.26. The molecule has 0 N–H and O–H groups in total. The van der Waals surface area contributed by atoms with Crippen molar-refractivity contribution in [3.63, 3.8) is 0 Å². The van der Waals surface area contributed by atoms with E-state index < -0.39 is 0 Å². The van der Waals surface area contributed by atoms with Crippen molar-refractivity contribution in [2.75, 3.05) is 0 Å². The van der Waals surface area contributed by atoms with Gasteiger partial charge in [0, 0.05) is 65.2 Å². The number of furan rings is 3. The molecule has 0 saturated heterocycles. The number of benzene rings is 14. The average molecular weight is 1250 g/mol. The molecule has 7 aromatic heterocycles. The SMILES string of the molecule is [C-]#[N+]c1cc(-c2nc(-c3ccccc3)nc(-c3ccccc3)n2)c(-n2c3ccc(-c4ccccc4)cc3c3c4oc5ccccc5c4ccc32)c(-n2c3ccccc3c3c4oc5ccccc5c4ccc32)c1-n1c2ccc(-c3ccccc3)cc2c2c3oc4ccccc4c3ccc21. The third-order valence-electron chi connectivity index (χ3n) is 19.9. The Morgan fingerprint density at radius 2 is 0.602 bits per heavy atom. The molecule has 14 aromatic carbocycles.